The molecule has 3 rings (SSSR count). The number of hydrogen-bond donors (Lipinski definition) is 1. The van der Waals surface area contributed by atoms with Crippen molar-refractivity contribution in [1.82, 2.24) is 4.98 Å². The number of hydrogen-bond acceptors (Lipinski definition) is 6. The number of nitrogens with zero attached hydrogens (tertiary/aromatic N) is 2. The second kappa shape index (κ2) is 8.34. The number of benzene rings is 1. The van der Waals surface area contributed by atoms with E-state index in [2.05, 4.69) is 39.5 Å². The molecule has 0 aliphatic carbocycles. The van der Waals surface area contributed by atoms with E-state index in [9.17, 15) is 4.79 Å². The average Bonchev–Trinajstić information content (AvgIpc) is 3.02. The van der Waals surface area contributed by atoms with Gasteiger partial charge in [0.15, 0.2) is 5.13 Å². The fraction of sp³-hybridized carbons (Fsp3) is 0.474. The molecular formula is C19H25N3O2S. The lowest BCUT2D eigenvalue weighted by Gasteiger charge is -2.30. The number of nitrogens with one attached hydrogen (secondary N) is 1. The maximum absolute atomic E-state index is 11.9. The summed E-state index contributed by atoms with van der Waals surface area (Å²) in [6, 6.07) is 8.52. The van der Waals surface area contributed by atoms with E-state index in [0.717, 1.165) is 23.9 Å². The second-order valence-electron chi connectivity index (χ2n) is 6.18. The van der Waals surface area contributed by atoms with Gasteiger partial charge in [0, 0.05) is 25.3 Å². The Balaban J connectivity index is 1.70. The number of aromatic nitrogens is 1. The molecule has 6 heteroatoms. The molecule has 0 amide bonds. The first-order valence-electron chi connectivity index (χ1n) is 8.90. The van der Waals surface area contributed by atoms with Crippen LogP contribution >= 0.6 is 11.3 Å². The molecule has 0 spiro atoms. The van der Waals surface area contributed by atoms with Crippen LogP contribution in [0.1, 0.15) is 47.1 Å². The Kier molecular flexibility index (Phi) is 5.91. The van der Waals surface area contributed by atoms with Crippen LogP contribution in [0.2, 0.25) is 0 Å². The van der Waals surface area contributed by atoms with Crippen LogP contribution in [-0.2, 0) is 11.3 Å². The maximum atomic E-state index is 11.9. The molecule has 1 saturated heterocycles. The van der Waals surface area contributed by atoms with Crippen LogP contribution in [0.4, 0.5) is 10.8 Å². The Bertz CT molecular complexity index is 723. The summed E-state index contributed by atoms with van der Waals surface area (Å²) in [6.07, 6.45) is 3.85. The topological polar surface area (TPSA) is 54.5 Å². The zero-order chi connectivity index (χ0) is 17.6. The molecule has 1 aliphatic rings. The molecule has 134 valence electrons. The van der Waals surface area contributed by atoms with Gasteiger partial charge >= 0.3 is 5.97 Å². The zero-order valence-corrected chi connectivity index (χ0v) is 15.7. The average molecular weight is 359 g/mol. The third-order valence-electron chi connectivity index (χ3n) is 4.38. The third-order valence-corrected chi connectivity index (χ3v) is 5.47. The van der Waals surface area contributed by atoms with E-state index in [1.165, 1.54) is 41.9 Å². The van der Waals surface area contributed by atoms with Gasteiger partial charge in [-0.2, -0.15) is 0 Å². The quantitative estimate of drug-likeness (QED) is 0.782. The van der Waals surface area contributed by atoms with Crippen LogP contribution in [0.25, 0.3) is 0 Å². The summed E-state index contributed by atoms with van der Waals surface area (Å²) in [5, 5.41) is 4.13. The molecule has 0 saturated carbocycles. The molecule has 0 unspecified atom stereocenters. The lowest BCUT2D eigenvalue weighted by molar-refractivity contribution is 0.0531. The standard InChI is InChI=1S/C19H25N3O2S/c1-3-24-18(23)17-14(2)21-19(25-17)20-13-15-9-5-6-10-16(15)22-11-7-4-8-12-22/h5-6,9-10H,3-4,7-8,11-13H2,1-2H3,(H,20,21). The molecule has 1 aliphatic heterocycles. The predicted octanol–water partition coefficient (Wildman–Crippen LogP) is 4.23. The smallest absolute Gasteiger partial charge is 0.350 e. The van der Waals surface area contributed by atoms with Crippen molar-refractivity contribution in [3.8, 4) is 0 Å². The predicted molar refractivity (Wildman–Crippen MR) is 103 cm³/mol. The molecule has 2 aromatic rings. The number of carbonyl (C=O) groups excluding carboxylic acids is 1. The molecular weight excluding hydrogens is 334 g/mol. The number of piperidine rings is 1. The van der Waals surface area contributed by atoms with Crippen molar-refractivity contribution in [2.45, 2.75) is 39.7 Å². The first-order chi connectivity index (χ1) is 12.2. The first-order valence-corrected chi connectivity index (χ1v) is 9.72. The fourth-order valence-electron chi connectivity index (χ4n) is 3.13. The lowest BCUT2D eigenvalue weighted by Crippen LogP contribution is -2.30. The molecule has 25 heavy (non-hydrogen) atoms. The molecule has 1 fully saturated rings. The number of rotatable bonds is 6. The van der Waals surface area contributed by atoms with Gasteiger partial charge in [0.05, 0.1) is 12.3 Å². The van der Waals surface area contributed by atoms with Gasteiger partial charge in [-0.1, -0.05) is 29.5 Å². The fourth-order valence-corrected chi connectivity index (χ4v) is 3.99. The molecule has 1 aromatic carbocycles. The van der Waals surface area contributed by atoms with Crippen LogP contribution < -0.4 is 10.2 Å². The third kappa shape index (κ3) is 4.31. The van der Waals surface area contributed by atoms with Crippen LogP contribution in [-0.4, -0.2) is 30.6 Å². The number of thiazole rings is 1. The largest absolute Gasteiger partial charge is 0.462 e. The SMILES string of the molecule is CCOC(=O)c1sc(NCc2ccccc2N2CCCCC2)nc1C. The Hall–Kier alpha value is -2.08. The van der Waals surface area contributed by atoms with Crippen molar-refractivity contribution >= 4 is 28.1 Å². The lowest BCUT2D eigenvalue weighted by atomic mass is 10.1. The number of ether oxygens (including phenoxy) is 1. The zero-order valence-electron chi connectivity index (χ0n) is 14.9. The summed E-state index contributed by atoms with van der Waals surface area (Å²) in [6.45, 7) is 6.98. The number of esters is 1. The van der Waals surface area contributed by atoms with E-state index in [-0.39, 0.29) is 5.97 Å². The van der Waals surface area contributed by atoms with Crippen molar-refractivity contribution in [3.63, 3.8) is 0 Å². The van der Waals surface area contributed by atoms with E-state index in [1.807, 2.05) is 13.8 Å². The highest BCUT2D eigenvalue weighted by molar-refractivity contribution is 7.17. The van der Waals surface area contributed by atoms with Gasteiger partial charge in [0.1, 0.15) is 4.88 Å². The van der Waals surface area contributed by atoms with Gasteiger partial charge in [0.2, 0.25) is 0 Å². The Morgan fingerprint density at radius 2 is 2.04 bits per heavy atom. The molecule has 1 aromatic heterocycles. The summed E-state index contributed by atoms with van der Waals surface area (Å²) in [5.41, 5.74) is 3.28. The Labute approximate surface area is 153 Å². The molecule has 1 N–H and O–H groups in total. The molecule has 0 bridgehead atoms. The van der Waals surface area contributed by atoms with Crippen molar-refractivity contribution in [3.05, 3.63) is 40.4 Å². The van der Waals surface area contributed by atoms with E-state index >= 15 is 0 Å². The van der Waals surface area contributed by atoms with Crippen molar-refractivity contribution < 1.29 is 9.53 Å². The van der Waals surface area contributed by atoms with Gasteiger partial charge in [-0.25, -0.2) is 9.78 Å². The summed E-state index contributed by atoms with van der Waals surface area (Å²) in [4.78, 5) is 19.4. The van der Waals surface area contributed by atoms with Gasteiger partial charge in [0.25, 0.3) is 0 Å². The van der Waals surface area contributed by atoms with Crippen molar-refractivity contribution in [2.75, 3.05) is 29.9 Å². The van der Waals surface area contributed by atoms with Gasteiger partial charge in [-0.05, 0) is 44.7 Å². The molecule has 0 atom stereocenters. The monoisotopic (exact) mass is 359 g/mol. The van der Waals surface area contributed by atoms with Crippen LogP contribution in [0.5, 0.6) is 0 Å². The van der Waals surface area contributed by atoms with Gasteiger partial charge in [-0.15, -0.1) is 0 Å². The second-order valence-corrected chi connectivity index (χ2v) is 7.18. The van der Waals surface area contributed by atoms with E-state index in [4.69, 9.17) is 4.74 Å². The molecule has 5 nitrogen and oxygen atoms in total. The highest BCUT2D eigenvalue weighted by Crippen LogP contribution is 2.27. The summed E-state index contributed by atoms with van der Waals surface area (Å²) >= 11 is 1.36. The Morgan fingerprint density at radius 3 is 2.80 bits per heavy atom. The van der Waals surface area contributed by atoms with Crippen LogP contribution in [0.3, 0.4) is 0 Å². The Morgan fingerprint density at radius 1 is 1.28 bits per heavy atom. The highest BCUT2D eigenvalue weighted by atomic mass is 32.1. The maximum Gasteiger partial charge on any atom is 0.350 e. The minimum atomic E-state index is -0.292. The molecule has 0 radical (unpaired) electrons. The van der Waals surface area contributed by atoms with E-state index in [1.54, 1.807) is 0 Å². The van der Waals surface area contributed by atoms with E-state index < -0.39 is 0 Å². The first kappa shape index (κ1) is 17.7. The number of aryl methyl sites for hydroxylation is 1. The number of para-hydroxylation sites is 1. The van der Waals surface area contributed by atoms with Crippen molar-refractivity contribution in [1.29, 1.82) is 0 Å². The number of anilines is 2. The van der Waals surface area contributed by atoms with Gasteiger partial charge in [-0.3, -0.25) is 0 Å². The van der Waals surface area contributed by atoms with Crippen LogP contribution in [0, 0.1) is 6.92 Å². The number of carbonyl (C=O) groups is 1. The van der Waals surface area contributed by atoms with Crippen LogP contribution in [0.15, 0.2) is 24.3 Å². The summed E-state index contributed by atoms with van der Waals surface area (Å²) in [5.74, 6) is -0.292. The summed E-state index contributed by atoms with van der Waals surface area (Å²) in [7, 11) is 0. The van der Waals surface area contributed by atoms with Gasteiger partial charge < -0.3 is 15.0 Å². The minimum absolute atomic E-state index is 0.292. The highest BCUT2D eigenvalue weighted by Gasteiger charge is 2.17. The minimum Gasteiger partial charge on any atom is -0.462 e. The van der Waals surface area contributed by atoms with Crippen molar-refractivity contribution in [2.24, 2.45) is 0 Å². The van der Waals surface area contributed by atoms with E-state index in [0.29, 0.717) is 18.0 Å². The molecule has 2 heterocycles. The summed E-state index contributed by atoms with van der Waals surface area (Å²) < 4.78 is 5.08. The normalized spacial score (nSPS) is 14.4.